The lowest BCUT2D eigenvalue weighted by molar-refractivity contribution is -0.144. The van der Waals surface area contributed by atoms with Gasteiger partial charge in [0.1, 0.15) is 18.2 Å². The molecule has 9 heteroatoms. The Hall–Kier alpha value is -2.97. The minimum Gasteiger partial charge on any atom is -0.504 e. The molecule has 0 fully saturated rings. The Kier molecular flexibility index (Phi) is 7.24. The number of aromatic hydroxyl groups is 2. The molecule has 2 amide bonds. The molecule has 0 aliphatic heterocycles. The van der Waals surface area contributed by atoms with E-state index in [2.05, 4.69) is 15.4 Å². The van der Waals surface area contributed by atoms with Crippen molar-refractivity contribution in [2.45, 2.75) is 38.8 Å². The number of carbonyl (C=O) groups is 3. The van der Waals surface area contributed by atoms with E-state index >= 15 is 0 Å². The van der Waals surface area contributed by atoms with Crippen molar-refractivity contribution in [3.8, 4) is 11.5 Å². The maximum atomic E-state index is 12.0. The van der Waals surface area contributed by atoms with Crippen LogP contribution in [0, 0.1) is 0 Å². The predicted molar refractivity (Wildman–Crippen MR) is 91.7 cm³/mol. The summed E-state index contributed by atoms with van der Waals surface area (Å²) >= 11 is 0. The largest absolute Gasteiger partial charge is 0.504 e. The zero-order valence-corrected chi connectivity index (χ0v) is 15.2. The summed E-state index contributed by atoms with van der Waals surface area (Å²) in [5.74, 6) is -1.95. The highest BCUT2D eigenvalue weighted by molar-refractivity contribution is 5.87. The molecule has 0 spiro atoms. The number of phenolic OH excluding ortho intramolecular Hbond substituents is 2. The first-order chi connectivity index (χ1) is 12.0. The zero-order valence-electron chi connectivity index (χ0n) is 15.2. The van der Waals surface area contributed by atoms with Gasteiger partial charge in [-0.25, -0.2) is 9.59 Å². The van der Waals surface area contributed by atoms with Gasteiger partial charge in [-0.2, -0.15) is 0 Å². The summed E-state index contributed by atoms with van der Waals surface area (Å²) in [4.78, 5) is 35.4. The Morgan fingerprint density at radius 2 is 1.81 bits per heavy atom. The van der Waals surface area contributed by atoms with Crippen molar-refractivity contribution in [2.24, 2.45) is 0 Å². The minimum absolute atomic E-state index is 0.0265. The Bertz CT molecular complexity index is 668. The number of phenols is 2. The van der Waals surface area contributed by atoms with Gasteiger partial charge >= 0.3 is 12.1 Å². The van der Waals surface area contributed by atoms with E-state index in [9.17, 15) is 24.6 Å². The molecule has 0 aliphatic carbocycles. The Labute approximate surface area is 151 Å². The van der Waals surface area contributed by atoms with Gasteiger partial charge in [-0.3, -0.25) is 4.79 Å². The van der Waals surface area contributed by atoms with Gasteiger partial charge in [0.15, 0.2) is 11.5 Å². The van der Waals surface area contributed by atoms with E-state index < -0.39 is 29.6 Å². The van der Waals surface area contributed by atoms with E-state index in [4.69, 9.17) is 4.74 Å². The van der Waals surface area contributed by atoms with Gasteiger partial charge in [0.2, 0.25) is 5.91 Å². The first kappa shape index (κ1) is 21.1. The van der Waals surface area contributed by atoms with Gasteiger partial charge in [-0.05, 0) is 38.5 Å². The van der Waals surface area contributed by atoms with E-state index in [0.717, 1.165) is 0 Å². The van der Waals surface area contributed by atoms with Crippen LogP contribution in [0.4, 0.5) is 4.79 Å². The fraction of sp³-hybridized carbons (Fsp3) is 0.471. The van der Waals surface area contributed by atoms with Gasteiger partial charge in [0.25, 0.3) is 0 Å². The summed E-state index contributed by atoms with van der Waals surface area (Å²) in [6.45, 7) is 4.68. The molecule has 1 rings (SSSR count). The number of hydrogen-bond acceptors (Lipinski definition) is 7. The van der Waals surface area contributed by atoms with Crippen molar-refractivity contribution < 1.29 is 34.1 Å². The third-order valence-electron chi connectivity index (χ3n) is 3.09. The first-order valence-corrected chi connectivity index (χ1v) is 7.86. The number of ether oxygens (including phenoxy) is 2. The molecule has 144 valence electrons. The number of hydrogen-bond donors (Lipinski definition) is 4. The van der Waals surface area contributed by atoms with Gasteiger partial charge in [0.05, 0.1) is 7.11 Å². The third kappa shape index (κ3) is 7.29. The van der Waals surface area contributed by atoms with Gasteiger partial charge in [-0.15, -0.1) is 0 Å². The smallest absolute Gasteiger partial charge is 0.408 e. The Morgan fingerprint density at radius 3 is 2.35 bits per heavy atom. The second-order valence-electron chi connectivity index (χ2n) is 6.53. The summed E-state index contributed by atoms with van der Waals surface area (Å²) in [5, 5.41) is 23.6. The number of rotatable bonds is 6. The summed E-state index contributed by atoms with van der Waals surface area (Å²) < 4.78 is 9.66. The van der Waals surface area contributed by atoms with Crippen LogP contribution >= 0.6 is 0 Å². The van der Waals surface area contributed by atoms with Crippen molar-refractivity contribution in [3.05, 3.63) is 23.8 Å². The van der Waals surface area contributed by atoms with Crippen molar-refractivity contribution in [3.63, 3.8) is 0 Å². The van der Waals surface area contributed by atoms with Crippen LogP contribution in [0.2, 0.25) is 0 Å². The predicted octanol–water partition coefficient (Wildman–Crippen LogP) is 0.823. The second-order valence-corrected chi connectivity index (χ2v) is 6.53. The molecule has 1 aromatic rings. The van der Waals surface area contributed by atoms with E-state index in [1.165, 1.54) is 25.3 Å². The van der Waals surface area contributed by atoms with E-state index in [1.807, 2.05) is 0 Å². The Balaban J connectivity index is 2.66. The van der Waals surface area contributed by atoms with E-state index in [-0.39, 0.29) is 24.5 Å². The van der Waals surface area contributed by atoms with Crippen molar-refractivity contribution in [1.29, 1.82) is 0 Å². The summed E-state index contributed by atoms with van der Waals surface area (Å²) in [5.41, 5.74) is -0.202. The molecule has 0 saturated heterocycles. The number of methoxy groups -OCH3 is 1. The molecule has 4 N–H and O–H groups in total. The van der Waals surface area contributed by atoms with Crippen LogP contribution in [0.3, 0.4) is 0 Å². The lowest BCUT2D eigenvalue weighted by atomic mass is 10.1. The van der Waals surface area contributed by atoms with Crippen LogP contribution in [0.1, 0.15) is 26.3 Å². The standard InChI is InChI=1S/C17H24N2O7/c1-17(2,3)26-16(24)18-9-14(22)19-11(15(23)25-4)7-10-5-6-12(20)13(21)8-10/h5-6,8,11,20-21H,7,9H2,1-4H3,(H,18,24)(H,19,22)/t11-/m0/s1. The minimum atomic E-state index is -1.03. The molecule has 9 nitrogen and oxygen atoms in total. The highest BCUT2D eigenvalue weighted by Gasteiger charge is 2.23. The van der Waals surface area contributed by atoms with Crippen molar-refractivity contribution in [1.82, 2.24) is 10.6 Å². The average molecular weight is 368 g/mol. The molecule has 1 aromatic carbocycles. The molecule has 1 atom stereocenters. The SMILES string of the molecule is COC(=O)[C@H](Cc1ccc(O)c(O)c1)NC(=O)CNC(=O)OC(C)(C)C. The number of alkyl carbamates (subject to hydrolysis) is 1. The lowest BCUT2D eigenvalue weighted by Crippen LogP contribution is -2.47. The lowest BCUT2D eigenvalue weighted by Gasteiger charge is -2.20. The highest BCUT2D eigenvalue weighted by atomic mass is 16.6. The van der Waals surface area contributed by atoms with Gasteiger partial charge in [0, 0.05) is 6.42 Å². The Morgan fingerprint density at radius 1 is 1.15 bits per heavy atom. The molecule has 0 heterocycles. The van der Waals surface area contributed by atoms with Crippen LogP contribution in [0.15, 0.2) is 18.2 Å². The van der Waals surface area contributed by atoms with Crippen LogP contribution in [0.5, 0.6) is 11.5 Å². The van der Waals surface area contributed by atoms with Crippen LogP contribution in [-0.2, 0) is 25.5 Å². The normalized spacial score (nSPS) is 12.0. The fourth-order valence-electron chi connectivity index (χ4n) is 1.98. The molecule has 26 heavy (non-hydrogen) atoms. The van der Waals surface area contributed by atoms with Crippen LogP contribution in [0.25, 0.3) is 0 Å². The number of carbonyl (C=O) groups excluding carboxylic acids is 3. The fourth-order valence-corrected chi connectivity index (χ4v) is 1.98. The molecule has 0 bridgehead atoms. The van der Waals surface area contributed by atoms with E-state index in [0.29, 0.717) is 5.56 Å². The maximum Gasteiger partial charge on any atom is 0.408 e. The maximum absolute atomic E-state index is 12.0. The van der Waals surface area contributed by atoms with Crippen molar-refractivity contribution >= 4 is 18.0 Å². The number of amides is 2. The molecule has 0 aromatic heterocycles. The van der Waals surface area contributed by atoms with Gasteiger partial charge < -0.3 is 30.3 Å². The van der Waals surface area contributed by atoms with Crippen LogP contribution < -0.4 is 10.6 Å². The second kappa shape index (κ2) is 8.93. The summed E-state index contributed by atoms with van der Waals surface area (Å²) in [6.07, 6.45) is -0.732. The third-order valence-corrected chi connectivity index (χ3v) is 3.09. The van der Waals surface area contributed by atoms with Gasteiger partial charge in [-0.1, -0.05) is 6.07 Å². The highest BCUT2D eigenvalue weighted by Crippen LogP contribution is 2.25. The van der Waals surface area contributed by atoms with E-state index in [1.54, 1.807) is 20.8 Å². The average Bonchev–Trinajstić information content (AvgIpc) is 2.53. The molecular weight excluding hydrogens is 344 g/mol. The molecular formula is C17H24N2O7. The molecule has 0 aliphatic rings. The van der Waals surface area contributed by atoms with Crippen LogP contribution in [-0.4, -0.2) is 53.5 Å². The summed E-state index contributed by atoms with van der Waals surface area (Å²) in [7, 11) is 1.18. The summed E-state index contributed by atoms with van der Waals surface area (Å²) in [6, 6.07) is 3.01. The first-order valence-electron chi connectivity index (χ1n) is 7.86. The molecule has 0 unspecified atom stereocenters. The monoisotopic (exact) mass is 368 g/mol. The topological polar surface area (TPSA) is 134 Å². The number of benzene rings is 1. The van der Waals surface area contributed by atoms with Crippen molar-refractivity contribution in [2.75, 3.05) is 13.7 Å². The number of esters is 1. The molecule has 0 radical (unpaired) electrons. The molecule has 0 saturated carbocycles. The number of nitrogens with one attached hydrogen (secondary N) is 2. The quantitative estimate of drug-likeness (QED) is 0.431. The zero-order chi connectivity index (χ0) is 19.9.